The van der Waals surface area contributed by atoms with Crippen LogP contribution in [0, 0.1) is 5.92 Å². The lowest BCUT2D eigenvalue weighted by Crippen LogP contribution is -2.38. The van der Waals surface area contributed by atoms with Gasteiger partial charge in [0, 0.05) is 35.6 Å². The number of thiophene rings is 1. The molecule has 2 heterocycles. The molecule has 2 nitrogen and oxygen atoms in total. The van der Waals surface area contributed by atoms with Crippen molar-refractivity contribution in [3.63, 3.8) is 0 Å². The number of nitrogens with one attached hydrogen (secondary N) is 1. The van der Waals surface area contributed by atoms with Crippen molar-refractivity contribution in [2.24, 2.45) is 5.92 Å². The summed E-state index contributed by atoms with van der Waals surface area (Å²) in [5.41, 5.74) is 0. The third kappa shape index (κ3) is 3.06. The lowest BCUT2D eigenvalue weighted by molar-refractivity contribution is 0.251. The topological polar surface area (TPSA) is 15.3 Å². The summed E-state index contributed by atoms with van der Waals surface area (Å²) in [6.07, 6.45) is 9.93. The predicted octanol–water partition coefficient (Wildman–Crippen LogP) is 4.19. The molecule has 4 rings (SSSR count). The summed E-state index contributed by atoms with van der Waals surface area (Å²) in [5.74, 6) is 0.869. The second-order valence-electron chi connectivity index (χ2n) is 7.41. The van der Waals surface area contributed by atoms with Gasteiger partial charge in [-0.1, -0.05) is 18.9 Å². The Bertz CT molecular complexity index is 448. The van der Waals surface area contributed by atoms with Crippen LogP contribution in [0.1, 0.15) is 62.8 Å². The zero-order valence-corrected chi connectivity index (χ0v) is 13.9. The third-order valence-corrected chi connectivity index (χ3v) is 6.73. The molecule has 21 heavy (non-hydrogen) atoms. The molecule has 3 heteroatoms. The van der Waals surface area contributed by atoms with E-state index < -0.39 is 0 Å². The second kappa shape index (κ2) is 6.02. The van der Waals surface area contributed by atoms with E-state index in [4.69, 9.17) is 0 Å². The maximum absolute atomic E-state index is 4.07. The summed E-state index contributed by atoms with van der Waals surface area (Å²) >= 11 is 1.95. The van der Waals surface area contributed by atoms with Crippen LogP contribution in [0.15, 0.2) is 17.5 Å². The molecule has 3 unspecified atom stereocenters. The van der Waals surface area contributed by atoms with Gasteiger partial charge >= 0.3 is 0 Å². The summed E-state index contributed by atoms with van der Waals surface area (Å²) in [7, 11) is 0. The van der Waals surface area contributed by atoms with E-state index in [0.717, 1.165) is 18.0 Å². The highest BCUT2D eigenvalue weighted by Gasteiger charge is 2.40. The second-order valence-corrected chi connectivity index (χ2v) is 8.39. The molecule has 3 atom stereocenters. The van der Waals surface area contributed by atoms with E-state index in [1.807, 2.05) is 11.3 Å². The molecule has 1 aliphatic heterocycles. The molecule has 2 aliphatic carbocycles. The molecule has 1 aromatic rings. The van der Waals surface area contributed by atoms with Crippen LogP contribution in [0.25, 0.3) is 0 Å². The van der Waals surface area contributed by atoms with Gasteiger partial charge in [0.25, 0.3) is 0 Å². The highest BCUT2D eigenvalue weighted by molar-refractivity contribution is 7.10. The minimum atomic E-state index is 0.615. The molecule has 1 N–H and O–H groups in total. The van der Waals surface area contributed by atoms with Crippen molar-refractivity contribution in [3.05, 3.63) is 22.4 Å². The summed E-state index contributed by atoms with van der Waals surface area (Å²) in [6.45, 7) is 3.70. The molecule has 3 fully saturated rings. The summed E-state index contributed by atoms with van der Waals surface area (Å²) in [6, 6.07) is 7.58. The van der Waals surface area contributed by atoms with Crippen LogP contribution in [0.5, 0.6) is 0 Å². The molecule has 3 aliphatic rings. The van der Waals surface area contributed by atoms with E-state index in [-0.39, 0.29) is 0 Å². The van der Waals surface area contributed by atoms with Crippen molar-refractivity contribution < 1.29 is 0 Å². The quantitative estimate of drug-likeness (QED) is 0.877. The van der Waals surface area contributed by atoms with Crippen LogP contribution in [0.3, 0.4) is 0 Å². The number of hydrogen-bond donors (Lipinski definition) is 1. The van der Waals surface area contributed by atoms with Crippen LogP contribution in [-0.4, -0.2) is 29.6 Å². The molecule has 0 spiro atoms. The lowest BCUT2D eigenvalue weighted by atomic mass is 9.95. The first-order chi connectivity index (χ1) is 10.3. The number of likely N-dealkylation sites (tertiary alicyclic amines) is 1. The van der Waals surface area contributed by atoms with E-state index in [9.17, 15) is 0 Å². The Balaban J connectivity index is 1.44. The van der Waals surface area contributed by atoms with E-state index in [2.05, 4.69) is 34.7 Å². The summed E-state index contributed by atoms with van der Waals surface area (Å²) in [5, 5.41) is 6.31. The Labute approximate surface area is 132 Å². The van der Waals surface area contributed by atoms with Gasteiger partial charge in [0.05, 0.1) is 0 Å². The Morgan fingerprint density at radius 1 is 1.24 bits per heavy atom. The van der Waals surface area contributed by atoms with Gasteiger partial charge in [-0.25, -0.2) is 0 Å². The van der Waals surface area contributed by atoms with Crippen molar-refractivity contribution in [1.82, 2.24) is 10.2 Å². The van der Waals surface area contributed by atoms with Crippen molar-refractivity contribution >= 4 is 11.3 Å². The van der Waals surface area contributed by atoms with Gasteiger partial charge in [-0.15, -0.1) is 11.3 Å². The van der Waals surface area contributed by atoms with Gasteiger partial charge < -0.3 is 5.32 Å². The first-order valence-electron chi connectivity index (χ1n) is 8.86. The molecule has 0 amide bonds. The Kier molecular flexibility index (Phi) is 4.08. The first kappa shape index (κ1) is 14.2. The van der Waals surface area contributed by atoms with E-state index >= 15 is 0 Å². The van der Waals surface area contributed by atoms with Gasteiger partial charge in [0.15, 0.2) is 0 Å². The molecular formula is C18H28N2S. The van der Waals surface area contributed by atoms with E-state index in [1.165, 1.54) is 51.5 Å². The van der Waals surface area contributed by atoms with Crippen LogP contribution in [0.2, 0.25) is 0 Å². The molecule has 2 saturated carbocycles. The lowest BCUT2D eigenvalue weighted by Gasteiger charge is -2.27. The van der Waals surface area contributed by atoms with E-state index in [1.54, 1.807) is 4.88 Å². The van der Waals surface area contributed by atoms with Crippen molar-refractivity contribution in [2.45, 2.75) is 76.0 Å². The fourth-order valence-corrected chi connectivity index (χ4v) is 5.43. The Hall–Kier alpha value is -0.380. The predicted molar refractivity (Wildman–Crippen MR) is 89.7 cm³/mol. The SMILES string of the molecule is CC1CC(NC(c2cccs2)C2CCCC2)CN1C1CC1. The number of rotatable bonds is 5. The van der Waals surface area contributed by atoms with E-state index in [0.29, 0.717) is 12.1 Å². The van der Waals surface area contributed by atoms with Gasteiger partial charge in [0.2, 0.25) is 0 Å². The van der Waals surface area contributed by atoms with Crippen LogP contribution in [-0.2, 0) is 0 Å². The van der Waals surface area contributed by atoms with Gasteiger partial charge in [-0.05, 0) is 56.4 Å². The normalized spacial score (nSPS) is 32.8. The highest BCUT2D eigenvalue weighted by atomic mass is 32.1. The minimum absolute atomic E-state index is 0.615. The van der Waals surface area contributed by atoms with Gasteiger partial charge in [-0.3, -0.25) is 4.90 Å². The molecule has 0 aromatic carbocycles. The Morgan fingerprint density at radius 2 is 2.05 bits per heavy atom. The molecular weight excluding hydrogens is 276 g/mol. The summed E-state index contributed by atoms with van der Waals surface area (Å²) in [4.78, 5) is 4.33. The van der Waals surface area contributed by atoms with Crippen LogP contribution in [0.4, 0.5) is 0 Å². The summed E-state index contributed by atoms with van der Waals surface area (Å²) < 4.78 is 0. The van der Waals surface area contributed by atoms with Crippen molar-refractivity contribution in [3.8, 4) is 0 Å². The fourth-order valence-electron chi connectivity index (χ4n) is 4.56. The molecule has 0 bridgehead atoms. The largest absolute Gasteiger partial charge is 0.305 e. The first-order valence-corrected chi connectivity index (χ1v) is 9.74. The monoisotopic (exact) mass is 304 g/mol. The van der Waals surface area contributed by atoms with Crippen molar-refractivity contribution in [2.75, 3.05) is 6.54 Å². The third-order valence-electron chi connectivity index (χ3n) is 5.78. The Morgan fingerprint density at radius 3 is 2.71 bits per heavy atom. The van der Waals surface area contributed by atoms with Crippen LogP contribution < -0.4 is 5.32 Å². The molecule has 116 valence electrons. The zero-order chi connectivity index (χ0) is 14.2. The average Bonchev–Trinajstić information content (AvgIpc) is 2.93. The van der Waals surface area contributed by atoms with Gasteiger partial charge in [0.1, 0.15) is 0 Å². The molecule has 1 aromatic heterocycles. The number of nitrogens with zero attached hydrogens (tertiary/aromatic N) is 1. The minimum Gasteiger partial charge on any atom is -0.305 e. The maximum atomic E-state index is 4.07. The standard InChI is InChI=1S/C18H28N2S/c1-13-11-15(12-20(13)16-8-9-16)19-18(14-5-2-3-6-14)17-7-4-10-21-17/h4,7,10,13-16,18-19H,2-3,5-6,8-9,11-12H2,1H3. The highest BCUT2D eigenvalue weighted by Crippen LogP contribution is 2.39. The van der Waals surface area contributed by atoms with Gasteiger partial charge in [-0.2, -0.15) is 0 Å². The zero-order valence-electron chi connectivity index (χ0n) is 13.1. The fraction of sp³-hybridized carbons (Fsp3) is 0.778. The average molecular weight is 305 g/mol. The smallest absolute Gasteiger partial charge is 0.0445 e. The maximum Gasteiger partial charge on any atom is 0.0445 e. The van der Waals surface area contributed by atoms with Crippen molar-refractivity contribution in [1.29, 1.82) is 0 Å². The van der Waals surface area contributed by atoms with Crippen LogP contribution >= 0.6 is 11.3 Å². The molecule has 0 radical (unpaired) electrons. The number of hydrogen-bond acceptors (Lipinski definition) is 3. The molecule has 1 saturated heterocycles.